The van der Waals surface area contributed by atoms with Crippen molar-refractivity contribution in [3.05, 3.63) is 119 Å². The Bertz CT molecular complexity index is 2410. The fourth-order valence-electron chi connectivity index (χ4n) is 5.54. The summed E-state index contributed by atoms with van der Waals surface area (Å²) >= 11 is 1.15. The van der Waals surface area contributed by atoms with E-state index in [1.807, 2.05) is 72.8 Å². The molecule has 0 amide bonds. The molecule has 8 heteroatoms. The highest BCUT2D eigenvalue weighted by molar-refractivity contribution is 7.00. The Labute approximate surface area is 249 Å². The molecule has 0 bridgehead atoms. The molecule has 0 fully saturated rings. The highest BCUT2D eigenvalue weighted by atomic mass is 32.1. The van der Waals surface area contributed by atoms with Gasteiger partial charge in [0.25, 0.3) is 0 Å². The number of hydrogen-bond acceptors (Lipinski definition) is 7. The Kier molecular flexibility index (Phi) is 6.04. The average molecular weight is 566 g/mol. The van der Waals surface area contributed by atoms with Gasteiger partial charge in [-0.05, 0) is 47.0 Å². The van der Waals surface area contributed by atoms with E-state index in [9.17, 15) is 15.8 Å². The zero-order valence-electron chi connectivity index (χ0n) is 22.2. The lowest BCUT2D eigenvalue weighted by Crippen LogP contribution is -1.94. The van der Waals surface area contributed by atoms with Gasteiger partial charge in [0.1, 0.15) is 11.0 Å². The maximum atomic E-state index is 9.77. The third-order valence-corrected chi connectivity index (χ3v) is 7.97. The zero-order chi connectivity index (χ0) is 29.5. The van der Waals surface area contributed by atoms with Crippen molar-refractivity contribution in [2.45, 2.75) is 0 Å². The topological polar surface area (TPSA) is 114 Å². The van der Waals surface area contributed by atoms with E-state index in [1.165, 1.54) is 12.1 Å². The van der Waals surface area contributed by atoms with E-state index in [1.54, 1.807) is 6.07 Å². The Balaban J connectivity index is 1.48. The van der Waals surface area contributed by atoms with E-state index >= 15 is 0 Å². The van der Waals surface area contributed by atoms with Gasteiger partial charge >= 0.3 is 0 Å². The summed E-state index contributed by atoms with van der Waals surface area (Å²) in [5, 5.41) is 31.7. The summed E-state index contributed by atoms with van der Waals surface area (Å²) in [5.41, 5.74) is 8.21. The quantitative estimate of drug-likeness (QED) is 0.157. The number of pyridine rings is 1. The molecule has 0 atom stereocenters. The molecule has 0 saturated carbocycles. The summed E-state index contributed by atoms with van der Waals surface area (Å²) in [4.78, 5) is 8.67. The van der Waals surface area contributed by atoms with Crippen molar-refractivity contribution < 1.29 is 0 Å². The lowest BCUT2D eigenvalue weighted by atomic mass is 9.91. The van der Waals surface area contributed by atoms with Crippen LogP contribution in [0.3, 0.4) is 0 Å². The molecule has 0 N–H and O–H groups in total. The van der Waals surface area contributed by atoms with Crippen LogP contribution in [0.5, 0.6) is 0 Å². The van der Waals surface area contributed by atoms with Crippen LogP contribution in [-0.4, -0.2) is 13.7 Å². The van der Waals surface area contributed by atoms with Gasteiger partial charge in [-0.25, -0.2) is 9.83 Å². The van der Waals surface area contributed by atoms with Crippen LogP contribution >= 0.6 is 11.7 Å². The molecule has 0 spiro atoms. The van der Waals surface area contributed by atoms with Crippen LogP contribution in [0.25, 0.3) is 71.1 Å². The normalized spacial score (nSPS) is 10.7. The molecule has 0 aliphatic heterocycles. The van der Waals surface area contributed by atoms with Gasteiger partial charge in [-0.15, -0.1) is 0 Å². The van der Waals surface area contributed by atoms with E-state index in [0.29, 0.717) is 16.8 Å². The second-order valence-corrected chi connectivity index (χ2v) is 10.3. The predicted molar refractivity (Wildman–Crippen MR) is 167 cm³/mol. The van der Waals surface area contributed by atoms with Gasteiger partial charge in [-0.2, -0.15) is 24.5 Å². The van der Waals surface area contributed by atoms with Crippen molar-refractivity contribution in [1.82, 2.24) is 13.7 Å². The summed E-state index contributed by atoms with van der Waals surface area (Å²) in [5.74, 6) is 0. The summed E-state index contributed by atoms with van der Waals surface area (Å²) in [6.07, 6.45) is 0. The molecular weight excluding hydrogens is 551 g/mol. The smallest absolute Gasteiger partial charge is 0.187 e. The molecular formula is C35H15N7S. The molecule has 0 aliphatic rings. The molecule has 7 rings (SSSR count). The zero-order valence-corrected chi connectivity index (χ0v) is 23.0. The third-order valence-electron chi connectivity index (χ3n) is 7.44. The maximum Gasteiger partial charge on any atom is 0.187 e. The summed E-state index contributed by atoms with van der Waals surface area (Å²) in [7, 11) is 0. The molecule has 5 aromatic carbocycles. The maximum absolute atomic E-state index is 9.77. The van der Waals surface area contributed by atoms with E-state index < -0.39 is 0 Å². The van der Waals surface area contributed by atoms with Crippen molar-refractivity contribution >= 4 is 50.1 Å². The van der Waals surface area contributed by atoms with Crippen LogP contribution in [0, 0.1) is 40.6 Å². The highest BCUT2D eigenvalue weighted by Crippen LogP contribution is 2.42. The fraction of sp³-hybridized carbons (Fsp3) is 0. The van der Waals surface area contributed by atoms with Crippen LogP contribution in [0.15, 0.2) is 91.0 Å². The third kappa shape index (κ3) is 4.12. The van der Waals surface area contributed by atoms with Gasteiger partial charge in [0, 0.05) is 27.3 Å². The lowest BCUT2D eigenvalue weighted by Gasteiger charge is -2.14. The molecule has 0 saturated heterocycles. The minimum absolute atomic E-state index is 0.266. The number of rotatable bonds is 3. The lowest BCUT2D eigenvalue weighted by molar-refractivity contribution is 1.41. The van der Waals surface area contributed by atoms with Crippen LogP contribution in [-0.2, 0) is 0 Å². The van der Waals surface area contributed by atoms with Crippen LogP contribution in [0.1, 0.15) is 16.7 Å². The van der Waals surface area contributed by atoms with Crippen molar-refractivity contribution in [1.29, 1.82) is 15.8 Å². The number of nitrogens with zero attached hydrogens (tertiary/aromatic N) is 7. The summed E-state index contributed by atoms with van der Waals surface area (Å²) in [6.45, 7) is 7.52. The van der Waals surface area contributed by atoms with E-state index in [0.717, 1.165) is 66.8 Å². The molecule has 2 heterocycles. The van der Waals surface area contributed by atoms with Gasteiger partial charge in [-0.3, -0.25) is 0 Å². The summed E-state index contributed by atoms with van der Waals surface area (Å²) in [6, 6.07) is 34.4. The van der Waals surface area contributed by atoms with Gasteiger partial charge < -0.3 is 0 Å². The molecule has 2 aromatic heterocycles. The van der Waals surface area contributed by atoms with Crippen LogP contribution in [0.2, 0.25) is 0 Å². The predicted octanol–water partition coefficient (Wildman–Crippen LogP) is 8.56. The molecule has 43 heavy (non-hydrogen) atoms. The first-order chi connectivity index (χ1) is 21.1. The van der Waals surface area contributed by atoms with E-state index in [2.05, 4.69) is 27.4 Å². The van der Waals surface area contributed by atoms with Gasteiger partial charge in [0.05, 0.1) is 64.4 Å². The Morgan fingerprint density at radius 2 is 1.40 bits per heavy atom. The van der Waals surface area contributed by atoms with Gasteiger partial charge in [0.15, 0.2) is 5.69 Å². The van der Waals surface area contributed by atoms with E-state index in [4.69, 9.17) is 15.9 Å². The number of benzene rings is 5. The minimum atomic E-state index is 0.266. The first-order valence-electron chi connectivity index (χ1n) is 13.1. The summed E-state index contributed by atoms with van der Waals surface area (Å²) < 4.78 is 9.42. The first kappa shape index (κ1) is 25.5. The molecule has 196 valence electrons. The van der Waals surface area contributed by atoms with Crippen molar-refractivity contribution in [3.8, 4) is 51.7 Å². The molecule has 7 nitrogen and oxygen atoms in total. The SMILES string of the molecule is [C-]#[N+]c1cccc(-c2nc3ccccc3c3c2cc(-c2ccc(-c4c(C#N)cc(C#N)cc4C#N)cc2)c2nsnc23)c1. The van der Waals surface area contributed by atoms with Crippen LogP contribution < -0.4 is 0 Å². The van der Waals surface area contributed by atoms with Crippen molar-refractivity contribution in [2.24, 2.45) is 0 Å². The Hall–Kier alpha value is -6.45. The van der Waals surface area contributed by atoms with Crippen molar-refractivity contribution in [3.63, 3.8) is 0 Å². The Morgan fingerprint density at radius 3 is 2.12 bits per heavy atom. The second kappa shape index (κ2) is 10.2. The number of fused-ring (bicyclic) bond motifs is 5. The van der Waals surface area contributed by atoms with Gasteiger partial charge in [-0.1, -0.05) is 60.7 Å². The largest absolute Gasteiger partial charge is 0.247 e. The number of hydrogen-bond donors (Lipinski definition) is 0. The van der Waals surface area contributed by atoms with Crippen LogP contribution in [0.4, 0.5) is 5.69 Å². The van der Waals surface area contributed by atoms with Gasteiger partial charge in [0.2, 0.25) is 0 Å². The number of aromatic nitrogens is 3. The first-order valence-corrected chi connectivity index (χ1v) is 13.8. The number of nitriles is 3. The molecule has 0 radical (unpaired) electrons. The van der Waals surface area contributed by atoms with E-state index in [-0.39, 0.29) is 16.7 Å². The average Bonchev–Trinajstić information content (AvgIpc) is 3.57. The fourth-order valence-corrected chi connectivity index (χ4v) is 6.10. The Morgan fingerprint density at radius 1 is 0.674 bits per heavy atom. The molecule has 7 aromatic rings. The second-order valence-electron chi connectivity index (χ2n) is 9.81. The highest BCUT2D eigenvalue weighted by Gasteiger charge is 2.20. The number of para-hydroxylation sites is 1. The van der Waals surface area contributed by atoms with Crippen molar-refractivity contribution in [2.75, 3.05) is 0 Å². The monoisotopic (exact) mass is 565 g/mol. The standard InChI is InChI=1S/C35H15N7S/c1-39-26-6-4-5-23(15-26)33-29-16-28(34-35(42-43-41-34)32(29)27-7-2-3-8-30(27)40-33)21-9-11-22(12-10-21)31-24(18-37)13-20(17-36)14-25(31)19-38/h2-16H. The molecule has 0 unspecified atom stereocenters. The molecule has 0 aliphatic carbocycles. The minimum Gasteiger partial charge on any atom is -0.247 e.